The Balaban J connectivity index is 0.753. The lowest BCUT2D eigenvalue weighted by atomic mass is 9.90. The number of nitrogens with zero attached hydrogens (tertiary/aromatic N) is 5. The molecule has 3 aromatic carbocycles. The monoisotopic (exact) mass is 790 g/mol. The van der Waals surface area contributed by atoms with Crippen LogP contribution in [-0.2, 0) is 9.59 Å². The molecule has 5 aliphatic rings. The average molecular weight is 791 g/mol. The van der Waals surface area contributed by atoms with E-state index in [0.29, 0.717) is 39.2 Å². The summed E-state index contributed by atoms with van der Waals surface area (Å²) in [7, 11) is 0. The van der Waals surface area contributed by atoms with E-state index in [2.05, 4.69) is 48.9 Å². The molecule has 1 aliphatic carbocycles. The van der Waals surface area contributed by atoms with Crippen LogP contribution in [0.1, 0.15) is 88.0 Å². The number of amides is 5. The minimum atomic E-state index is -0.967. The molecule has 5 amide bonds. The first-order valence-corrected chi connectivity index (χ1v) is 20.5. The van der Waals surface area contributed by atoms with Crippen LogP contribution in [0.3, 0.4) is 0 Å². The van der Waals surface area contributed by atoms with Crippen molar-refractivity contribution in [2.45, 2.75) is 69.5 Å². The van der Waals surface area contributed by atoms with Crippen molar-refractivity contribution < 1.29 is 24.0 Å². The Kier molecular flexibility index (Phi) is 11.2. The number of piperazine rings is 1. The number of piperidine rings is 2. The van der Waals surface area contributed by atoms with Crippen LogP contribution in [0.4, 0.5) is 17.1 Å². The van der Waals surface area contributed by atoms with Gasteiger partial charge in [0.05, 0.1) is 21.7 Å². The number of anilines is 3. The molecule has 0 aromatic heterocycles. The van der Waals surface area contributed by atoms with E-state index in [9.17, 15) is 24.0 Å². The second-order valence-electron chi connectivity index (χ2n) is 15.9. The number of imide groups is 2. The second-order valence-corrected chi connectivity index (χ2v) is 16.3. The number of fused-ring (bicyclic) bond motifs is 1. The first-order chi connectivity index (χ1) is 27.6. The number of nitrogens with one attached hydrogen (secondary N) is 3. The van der Waals surface area contributed by atoms with E-state index in [-0.39, 0.29) is 30.7 Å². The first-order valence-electron chi connectivity index (χ1n) is 20.1. The minimum absolute atomic E-state index is 0.0381. The van der Waals surface area contributed by atoms with Crippen LogP contribution < -0.4 is 25.8 Å². The molecule has 3 N–H and O–H groups in total. The van der Waals surface area contributed by atoms with Gasteiger partial charge in [-0.3, -0.25) is 39.1 Å². The van der Waals surface area contributed by atoms with Gasteiger partial charge in [-0.25, -0.2) is 0 Å². The summed E-state index contributed by atoms with van der Waals surface area (Å²) in [6.07, 6.45) is 5.95. The lowest BCUT2D eigenvalue weighted by Crippen LogP contribution is -2.54. The quantitative estimate of drug-likeness (QED) is 0.257. The molecule has 1 saturated carbocycles. The molecule has 296 valence electrons. The van der Waals surface area contributed by atoms with Gasteiger partial charge in [-0.1, -0.05) is 11.6 Å². The van der Waals surface area contributed by atoms with Gasteiger partial charge in [0, 0.05) is 86.9 Å². The van der Waals surface area contributed by atoms with Crippen LogP contribution in [0.25, 0.3) is 0 Å². The van der Waals surface area contributed by atoms with Crippen molar-refractivity contribution in [3.63, 3.8) is 0 Å². The molecule has 1 unspecified atom stereocenters. The van der Waals surface area contributed by atoms with Gasteiger partial charge in [0.15, 0.2) is 0 Å². The molecule has 14 heteroatoms. The molecule has 0 bridgehead atoms. The Bertz CT molecular complexity index is 2100. The van der Waals surface area contributed by atoms with Crippen LogP contribution in [0.5, 0.6) is 0 Å². The number of nitriles is 1. The molecule has 8 rings (SSSR count). The Hall–Kier alpha value is -5.45. The summed E-state index contributed by atoms with van der Waals surface area (Å²) in [5, 5.41) is 18.6. The highest BCUT2D eigenvalue weighted by atomic mass is 35.5. The van der Waals surface area contributed by atoms with Gasteiger partial charge in [0.25, 0.3) is 17.7 Å². The van der Waals surface area contributed by atoms with Crippen molar-refractivity contribution in [2.75, 3.05) is 60.9 Å². The van der Waals surface area contributed by atoms with Crippen molar-refractivity contribution >= 4 is 58.2 Å². The Labute approximate surface area is 337 Å². The van der Waals surface area contributed by atoms with E-state index >= 15 is 0 Å². The molecule has 3 aromatic rings. The lowest BCUT2D eigenvalue weighted by molar-refractivity contribution is -0.136. The summed E-state index contributed by atoms with van der Waals surface area (Å²) in [5.41, 5.74) is 4.69. The third-order valence-corrected chi connectivity index (χ3v) is 12.6. The third kappa shape index (κ3) is 8.34. The van der Waals surface area contributed by atoms with Crippen LogP contribution in [-0.4, -0.2) is 103 Å². The summed E-state index contributed by atoms with van der Waals surface area (Å²) >= 11 is 6.19. The molecule has 4 aliphatic heterocycles. The van der Waals surface area contributed by atoms with Gasteiger partial charge < -0.3 is 20.4 Å². The number of carbonyl (C=O) groups excluding carboxylic acids is 5. The highest BCUT2D eigenvalue weighted by Crippen LogP contribution is 2.33. The summed E-state index contributed by atoms with van der Waals surface area (Å²) < 4.78 is 0. The molecule has 57 heavy (non-hydrogen) atoms. The van der Waals surface area contributed by atoms with Gasteiger partial charge in [-0.15, -0.1) is 0 Å². The predicted molar refractivity (Wildman–Crippen MR) is 216 cm³/mol. The van der Waals surface area contributed by atoms with Gasteiger partial charge in [-0.2, -0.15) is 5.26 Å². The number of halogens is 1. The summed E-state index contributed by atoms with van der Waals surface area (Å²) in [5.74, 6) is -1.42. The maximum atomic E-state index is 13.3. The number of carbonyl (C=O) groups is 5. The highest BCUT2D eigenvalue weighted by molar-refractivity contribution is 6.32. The zero-order valence-electron chi connectivity index (χ0n) is 31.8. The molecule has 4 heterocycles. The van der Waals surface area contributed by atoms with Crippen molar-refractivity contribution in [2.24, 2.45) is 5.92 Å². The zero-order chi connectivity index (χ0) is 39.6. The minimum Gasteiger partial charge on any atom is -0.382 e. The maximum absolute atomic E-state index is 13.3. The maximum Gasteiger partial charge on any atom is 0.262 e. The van der Waals surface area contributed by atoms with Crippen molar-refractivity contribution in [1.29, 1.82) is 5.26 Å². The summed E-state index contributed by atoms with van der Waals surface area (Å²) in [6, 6.07) is 20.3. The number of hydrogen-bond acceptors (Lipinski definition) is 10. The number of hydrogen-bond donors (Lipinski definition) is 3. The lowest BCUT2D eigenvalue weighted by Gasteiger charge is -2.40. The molecule has 1 atom stereocenters. The number of benzene rings is 3. The van der Waals surface area contributed by atoms with E-state index in [1.807, 2.05) is 24.3 Å². The Morgan fingerprint density at radius 3 is 2.11 bits per heavy atom. The van der Waals surface area contributed by atoms with Gasteiger partial charge in [0.1, 0.15) is 12.1 Å². The topological polar surface area (TPSA) is 158 Å². The van der Waals surface area contributed by atoms with E-state index in [1.165, 1.54) is 0 Å². The third-order valence-electron chi connectivity index (χ3n) is 12.3. The smallest absolute Gasteiger partial charge is 0.262 e. The Morgan fingerprint density at radius 2 is 1.42 bits per heavy atom. The molecule has 3 saturated heterocycles. The van der Waals surface area contributed by atoms with Crippen LogP contribution in [0.2, 0.25) is 5.02 Å². The van der Waals surface area contributed by atoms with Crippen molar-refractivity contribution in [1.82, 2.24) is 20.4 Å². The van der Waals surface area contributed by atoms with Gasteiger partial charge >= 0.3 is 0 Å². The van der Waals surface area contributed by atoms with Crippen molar-refractivity contribution in [3.8, 4) is 6.07 Å². The Morgan fingerprint density at radius 1 is 0.754 bits per heavy atom. The van der Waals surface area contributed by atoms with E-state index in [0.717, 1.165) is 106 Å². The van der Waals surface area contributed by atoms with E-state index < -0.39 is 23.8 Å². The van der Waals surface area contributed by atoms with E-state index in [4.69, 9.17) is 16.9 Å². The average Bonchev–Trinajstić information content (AvgIpc) is 3.47. The fourth-order valence-electron chi connectivity index (χ4n) is 8.99. The van der Waals surface area contributed by atoms with Gasteiger partial charge in [0.2, 0.25) is 11.8 Å². The molecule has 4 fully saturated rings. The predicted octanol–water partition coefficient (Wildman–Crippen LogP) is 4.80. The SMILES string of the molecule is N#Cc1ccc(N[C@H]2CC[C@H](NC(=O)c3ccc(N4CCN(CC5CCN(c6ccc7c(c6)C(=O)N(C6CCC(=O)NC6=O)C7=O)CC5)CC4)cc3)CC2)cc1Cl. The fourth-order valence-corrected chi connectivity index (χ4v) is 9.21. The normalized spacial score (nSPS) is 23.2. The number of rotatable bonds is 9. The van der Waals surface area contributed by atoms with Crippen molar-refractivity contribution in [3.05, 3.63) is 87.9 Å². The van der Waals surface area contributed by atoms with Crippen LogP contribution in [0.15, 0.2) is 60.7 Å². The molecule has 0 spiro atoms. The van der Waals surface area contributed by atoms with Gasteiger partial charge in [-0.05, 0) is 112 Å². The summed E-state index contributed by atoms with van der Waals surface area (Å²) in [6.45, 7) is 6.56. The molecule has 0 radical (unpaired) electrons. The van der Waals surface area contributed by atoms with Crippen LogP contribution >= 0.6 is 11.6 Å². The summed E-state index contributed by atoms with van der Waals surface area (Å²) in [4.78, 5) is 71.8. The molecular formula is C43H47ClN8O5. The highest BCUT2D eigenvalue weighted by Gasteiger charge is 2.45. The van der Waals surface area contributed by atoms with E-state index in [1.54, 1.807) is 24.3 Å². The standard InChI is InChI=1S/C43H47ClN8O5/c44-37-23-32(4-1-29(37)25-45)46-30-5-7-31(8-6-30)47-40(54)28-2-9-33(10-3-28)51-21-19-49(20-22-51)26-27-15-17-50(18-16-27)34-11-12-35-36(24-34)43(57)52(42(35)56)38-13-14-39(53)48-41(38)55/h1-4,9-12,23-24,27,30-31,38,46H,5-8,13-22,26H2,(H,47,54)(H,48,53,55)/t30-,31-,38?. The first kappa shape index (κ1) is 38.4. The second kappa shape index (κ2) is 16.6. The fraction of sp³-hybridized carbons (Fsp3) is 0.442. The largest absolute Gasteiger partial charge is 0.382 e. The molecule has 13 nitrogen and oxygen atoms in total. The molecular weight excluding hydrogens is 744 g/mol. The zero-order valence-corrected chi connectivity index (χ0v) is 32.6. The van der Waals surface area contributed by atoms with Crippen LogP contribution in [0, 0.1) is 17.2 Å².